The van der Waals surface area contributed by atoms with Gasteiger partial charge in [-0.15, -0.1) is 0 Å². The number of benzene rings is 1. The zero-order valence-corrected chi connectivity index (χ0v) is 18.7. The van der Waals surface area contributed by atoms with Crippen molar-refractivity contribution >= 4 is 34.5 Å². The Morgan fingerprint density at radius 3 is 2.66 bits per heavy atom. The molecule has 4 heterocycles. The molecule has 1 aliphatic rings. The highest BCUT2D eigenvalue weighted by molar-refractivity contribution is 6.42. The molecule has 0 bridgehead atoms. The molecule has 8 nitrogen and oxygen atoms in total. The lowest BCUT2D eigenvalue weighted by atomic mass is 10.1. The van der Waals surface area contributed by atoms with Crippen molar-refractivity contribution in [2.24, 2.45) is 0 Å². The van der Waals surface area contributed by atoms with Crippen LogP contribution in [0.4, 0.5) is 5.69 Å². The van der Waals surface area contributed by atoms with Crippen molar-refractivity contribution in [3.63, 3.8) is 0 Å². The van der Waals surface area contributed by atoms with E-state index in [0.717, 1.165) is 24.3 Å². The van der Waals surface area contributed by atoms with E-state index < -0.39 is 0 Å². The van der Waals surface area contributed by atoms with E-state index in [4.69, 9.17) is 32.5 Å². The molecule has 0 spiro atoms. The summed E-state index contributed by atoms with van der Waals surface area (Å²) in [6.07, 6.45) is 2.21. The molecular formula is C22H19Cl2N5O3. The first-order valence-corrected chi connectivity index (χ1v) is 10.9. The first-order valence-electron chi connectivity index (χ1n) is 10.1. The predicted molar refractivity (Wildman–Crippen MR) is 122 cm³/mol. The van der Waals surface area contributed by atoms with Gasteiger partial charge >= 0.3 is 0 Å². The van der Waals surface area contributed by atoms with Crippen LogP contribution in [0.15, 0.2) is 45.8 Å². The van der Waals surface area contributed by atoms with Gasteiger partial charge in [-0.2, -0.15) is 4.98 Å². The summed E-state index contributed by atoms with van der Waals surface area (Å²) >= 11 is 12.1. The van der Waals surface area contributed by atoms with Crippen molar-refractivity contribution in [2.75, 3.05) is 31.2 Å². The fourth-order valence-electron chi connectivity index (χ4n) is 3.69. The molecule has 1 aromatic carbocycles. The van der Waals surface area contributed by atoms with Crippen LogP contribution in [0.2, 0.25) is 10.0 Å². The third-order valence-electron chi connectivity index (χ3n) is 5.43. The molecule has 1 aliphatic heterocycles. The SMILES string of the molecule is Cc1c(-c2noc(Cc3ccc(Cl)c(Cl)c3)n2)nc2ccc(N3CCOCC3)cn2c1=O. The molecule has 0 unspecified atom stereocenters. The summed E-state index contributed by atoms with van der Waals surface area (Å²) in [5.41, 5.74) is 3.04. The Morgan fingerprint density at radius 2 is 1.88 bits per heavy atom. The summed E-state index contributed by atoms with van der Waals surface area (Å²) in [4.78, 5) is 24.4. The second-order valence-corrected chi connectivity index (χ2v) is 8.36. The lowest BCUT2D eigenvalue weighted by molar-refractivity contribution is 0.122. The van der Waals surface area contributed by atoms with Crippen molar-refractivity contribution in [2.45, 2.75) is 13.3 Å². The van der Waals surface area contributed by atoms with Crippen molar-refractivity contribution in [1.29, 1.82) is 0 Å². The molecule has 10 heteroatoms. The quantitative estimate of drug-likeness (QED) is 0.447. The van der Waals surface area contributed by atoms with E-state index in [-0.39, 0.29) is 11.4 Å². The molecule has 0 N–H and O–H groups in total. The van der Waals surface area contributed by atoms with E-state index in [1.54, 1.807) is 23.5 Å². The van der Waals surface area contributed by atoms with Crippen LogP contribution in [-0.2, 0) is 11.2 Å². The predicted octanol–water partition coefficient (Wildman–Crippen LogP) is 3.79. The van der Waals surface area contributed by atoms with Crippen molar-refractivity contribution in [3.05, 3.63) is 73.9 Å². The van der Waals surface area contributed by atoms with Gasteiger partial charge in [0.05, 0.1) is 35.4 Å². The van der Waals surface area contributed by atoms with Crippen LogP contribution in [0.1, 0.15) is 17.0 Å². The van der Waals surface area contributed by atoms with Gasteiger partial charge in [-0.1, -0.05) is 34.4 Å². The average molecular weight is 472 g/mol. The molecule has 1 saturated heterocycles. The maximum Gasteiger partial charge on any atom is 0.261 e. The Morgan fingerprint density at radius 1 is 1.06 bits per heavy atom. The standard InChI is InChI=1S/C22H19Cl2N5O3/c1-13-20(21-26-19(32-27-21)11-14-2-4-16(23)17(24)10-14)25-18-5-3-15(12-29(18)22(13)30)28-6-8-31-9-7-28/h2-5,10,12H,6-9,11H2,1H3. The average Bonchev–Trinajstić information content (AvgIpc) is 3.27. The summed E-state index contributed by atoms with van der Waals surface area (Å²) in [5, 5.41) is 4.98. The molecule has 3 aromatic heterocycles. The van der Waals surface area contributed by atoms with Crippen LogP contribution in [0.25, 0.3) is 17.2 Å². The van der Waals surface area contributed by atoms with Crippen LogP contribution < -0.4 is 10.5 Å². The molecule has 0 saturated carbocycles. The van der Waals surface area contributed by atoms with Crippen LogP contribution in [-0.4, -0.2) is 45.8 Å². The third kappa shape index (κ3) is 3.97. The van der Waals surface area contributed by atoms with Gasteiger partial charge in [-0.3, -0.25) is 9.20 Å². The second kappa shape index (κ2) is 8.54. The number of rotatable bonds is 4. The van der Waals surface area contributed by atoms with Crippen molar-refractivity contribution in [3.8, 4) is 11.5 Å². The summed E-state index contributed by atoms with van der Waals surface area (Å²) in [6.45, 7) is 4.63. The van der Waals surface area contributed by atoms with Gasteiger partial charge in [0, 0.05) is 24.8 Å². The highest BCUT2D eigenvalue weighted by Crippen LogP contribution is 2.25. The fraction of sp³-hybridized carbons (Fsp3) is 0.273. The molecule has 32 heavy (non-hydrogen) atoms. The summed E-state index contributed by atoms with van der Waals surface area (Å²) in [7, 11) is 0. The van der Waals surface area contributed by atoms with Crippen molar-refractivity contribution < 1.29 is 9.26 Å². The number of hydrogen-bond acceptors (Lipinski definition) is 7. The summed E-state index contributed by atoms with van der Waals surface area (Å²) in [5.74, 6) is 0.664. The number of anilines is 1. The number of aromatic nitrogens is 4. The number of halogens is 2. The zero-order valence-electron chi connectivity index (χ0n) is 17.2. The normalized spacial score (nSPS) is 14.3. The Kier molecular flexibility index (Phi) is 5.58. The Bertz CT molecular complexity index is 1360. The van der Waals surface area contributed by atoms with Gasteiger partial charge < -0.3 is 14.2 Å². The molecule has 0 aliphatic carbocycles. The largest absolute Gasteiger partial charge is 0.378 e. The maximum atomic E-state index is 13.1. The lowest BCUT2D eigenvalue weighted by Crippen LogP contribution is -2.36. The van der Waals surface area contributed by atoms with E-state index in [9.17, 15) is 4.79 Å². The van der Waals surface area contributed by atoms with Gasteiger partial charge in [0.15, 0.2) is 0 Å². The minimum absolute atomic E-state index is 0.170. The van der Waals surface area contributed by atoms with Gasteiger partial charge in [0.2, 0.25) is 11.7 Å². The van der Waals surface area contributed by atoms with Crippen LogP contribution >= 0.6 is 23.2 Å². The molecular weight excluding hydrogens is 453 g/mol. The van der Waals surface area contributed by atoms with E-state index in [1.807, 2.05) is 24.4 Å². The minimum atomic E-state index is -0.170. The van der Waals surface area contributed by atoms with Crippen LogP contribution in [0, 0.1) is 6.92 Å². The minimum Gasteiger partial charge on any atom is -0.378 e. The molecule has 0 amide bonds. The lowest BCUT2D eigenvalue weighted by Gasteiger charge is -2.28. The number of hydrogen-bond donors (Lipinski definition) is 0. The highest BCUT2D eigenvalue weighted by atomic mass is 35.5. The number of pyridine rings is 1. The van der Waals surface area contributed by atoms with E-state index in [2.05, 4.69) is 20.0 Å². The van der Waals surface area contributed by atoms with Crippen LogP contribution in [0.5, 0.6) is 0 Å². The number of morpholine rings is 1. The third-order valence-corrected chi connectivity index (χ3v) is 6.17. The zero-order chi connectivity index (χ0) is 22.2. The number of fused-ring (bicyclic) bond motifs is 1. The van der Waals surface area contributed by atoms with E-state index >= 15 is 0 Å². The van der Waals surface area contributed by atoms with Crippen LogP contribution in [0.3, 0.4) is 0 Å². The summed E-state index contributed by atoms with van der Waals surface area (Å²) in [6, 6.07) is 9.10. The van der Waals surface area contributed by atoms with Gasteiger partial charge in [-0.25, -0.2) is 4.98 Å². The Hall–Kier alpha value is -2.94. The molecule has 164 valence electrons. The number of nitrogens with zero attached hydrogens (tertiary/aromatic N) is 5. The van der Waals surface area contributed by atoms with Gasteiger partial charge in [0.1, 0.15) is 11.3 Å². The molecule has 0 radical (unpaired) electrons. The van der Waals surface area contributed by atoms with Gasteiger partial charge in [0.25, 0.3) is 5.56 Å². The second-order valence-electron chi connectivity index (χ2n) is 7.54. The van der Waals surface area contributed by atoms with E-state index in [0.29, 0.717) is 52.5 Å². The summed E-state index contributed by atoms with van der Waals surface area (Å²) < 4.78 is 12.4. The smallest absolute Gasteiger partial charge is 0.261 e. The topological polar surface area (TPSA) is 85.8 Å². The van der Waals surface area contributed by atoms with Crippen molar-refractivity contribution in [1.82, 2.24) is 19.5 Å². The molecule has 5 rings (SSSR count). The van der Waals surface area contributed by atoms with Gasteiger partial charge in [-0.05, 0) is 36.8 Å². The first-order chi connectivity index (χ1) is 15.5. The molecule has 0 atom stereocenters. The number of ether oxygens (including phenoxy) is 1. The first kappa shape index (κ1) is 20.9. The Balaban J connectivity index is 1.47. The monoisotopic (exact) mass is 471 g/mol. The molecule has 1 fully saturated rings. The van der Waals surface area contributed by atoms with E-state index in [1.165, 1.54) is 0 Å². The highest BCUT2D eigenvalue weighted by Gasteiger charge is 2.18. The molecule has 4 aromatic rings. The fourth-order valence-corrected chi connectivity index (χ4v) is 4.01. The maximum absolute atomic E-state index is 13.1. The Labute approximate surface area is 193 Å².